The number of aliphatic hydroxyl groups excluding tert-OH is 1. The van der Waals surface area contributed by atoms with E-state index in [1.54, 1.807) is 24.3 Å². The molecular weight excluding hydrogens is 653 g/mol. The first-order valence-corrected chi connectivity index (χ1v) is 15.3. The van der Waals surface area contributed by atoms with Crippen LogP contribution in [0.15, 0.2) is 64.9 Å². The van der Waals surface area contributed by atoms with Crippen molar-refractivity contribution in [2.24, 2.45) is 0 Å². The number of fused-ring (bicyclic) bond motifs is 2. The van der Waals surface area contributed by atoms with Crippen molar-refractivity contribution in [3.63, 3.8) is 0 Å². The highest BCUT2D eigenvalue weighted by Crippen LogP contribution is 2.41. The summed E-state index contributed by atoms with van der Waals surface area (Å²) in [5, 5.41) is 33.9. The SMILES string of the molecule is COc1ccc2[nH]cc(C(=O)NC(C(=O)NC3C(=O)N4C(C(=O)O)=C(C(=S)c5cn[nH]n5)CS[C@@H]34)c3ccc(CO)cc3)c(=O)c2n1. The van der Waals surface area contributed by atoms with Gasteiger partial charge in [0.1, 0.15) is 39.9 Å². The summed E-state index contributed by atoms with van der Waals surface area (Å²) in [5.74, 6) is -3.50. The Morgan fingerprint density at radius 1 is 1.19 bits per heavy atom. The molecule has 1 fully saturated rings. The smallest absolute Gasteiger partial charge is 0.353 e. The number of hydrogen-bond acceptors (Lipinski definition) is 12. The van der Waals surface area contributed by atoms with Crippen LogP contribution in [0.4, 0.5) is 0 Å². The van der Waals surface area contributed by atoms with E-state index in [0.29, 0.717) is 11.1 Å². The van der Waals surface area contributed by atoms with Crippen molar-refractivity contribution in [2.45, 2.75) is 24.1 Å². The first-order valence-electron chi connectivity index (χ1n) is 13.8. The molecule has 16 nitrogen and oxygen atoms in total. The van der Waals surface area contributed by atoms with E-state index >= 15 is 0 Å². The molecule has 3 amide bonds. The number of aliphatic carboxylic acids is 1. The number of H-pyrrole nitrogens is 2. The summed E-state index contributed by atoms with van der Waals surface area (Å²) >= 11 is 6.62. The van der Waals surface area contributed by atoms with E-state index in [1.807, 2.05) is 0 Å². The number of carboxylic acid groups (broad SMARTS) is 1. The number of nitrogens with one attached hydrogen (secondary N) is 4. The Hall–Kier alpha value is -5.46. The second kappa shape index (κ2) is 12.7. The molecule has 6 N–H and O–H groups in total. The summed E-state index contributed by atoms with van der Waals surface area (Å²) in [5.41, 5.74) is 0.242. The van der Waals surface area contributed by atoms with Gasteiger partial charge in [0, 0.05) is 23.6 Å². The Kier molecular flexibility index (Phi) is 8.54. The minimum absolute atomic E-state index is 0.0514. The normalized spacial score (nSPS) is 17.8. The van der Waals surface area contributed by atoms with E-state index in [9.17, 15) is 34.2 Å². The van der Waals surface area contributed by atoms with Gasteiger partial charge < -0.3 is 30.6 Å². The number of carbonyl (C=O) groups excluding carboxylic acids is 3. The first kappa shape index (κ1) is 31.5. The van der Waals surface area contributed by atoms with Crippen molar-refractivity contribution in [3.8, 4) is 5.88 Å². The molecule has 2 aliphatic rings. The van der Waals surface area contributed by atoms with Crippen LogP contribution in [0.5, 0.6) is 5.88 Å². The second-order valence-corrected chi connectivity index (χ2v) is 11.8. The number of methoxy groups -OCH3 is 1. The fourth-order valence-electron chi connectivity index (χ4n) is 5.18. The number of amides is 3. The van der Waals surface area contributed by atoms with Crippen LogP contribution in [-0.2, 0) is 21.0 Å². The number of nitrogens with zero attached hydrogens (tertiary/aromatic N) is 4. The molecule has 18 heteroatoms. The van der Waals surface area contributed by atoms with Crippen LogP contribution >= 0.6 is 24.0 Å². The summed E-state index contributed by atoms with van der Waals surface area (Å²) in [4.78, 5) is 74.3. The van der Waals surface area contributed by atoms with E-state index in [1.165, 1.54) is 43.4 Å². The number of benzene rings is 1. The number of aromatic amines is 2. The largest absolute Gasteiger partial charge is 0.481 e. The highest BCUT2D eigenvalue weighted by Gasteiger charge is 2.55. The zero-order valence-corrected chi connectivity index (χ0v) is 25.8. The molecular formula is C29H24N8O8S2. The highest BCUT2D eigenvalue weighted by molar-refractivity contribution is 8.00. The standard InChI is InChI=1S/C29H24N8O8S2/c1-45-18-7-6-16-20(32-18)23(39)14(8-30-16)25(40)33-19(13-4-2-12(10-38)3-5-13)26(41)34-21-27(42)37-22(29(43)44)15(11-47-28(21)37)24(46)17-9-31-36-35-17/h2-9,19,21,28,38H,10-11H2,1H3,(H,30,39)(H,33,40)(H,34,41)(H,43,44)(H,31,35,36)/t19?,21?,28-/m0/s1. The molecule has 0 radical (unpaired) electrons. The number of rotatable bonds is 10. The lowest BCUT2D eigenvalue weighted by Crippen LogP contribution is -2.71. The zero-order valence-electron chi connectivity index (χ0n) is 24.2. The maximum atomic E-state index is 13.8. The monoisotopic (exact) mass is 676 g/mol. The minimum Gasteiger partial charge on any atom is -0.481 e. The lowest BCUT2D eigenvalue weighted by Gasteiger charge is -2.49. The molecule has 2 unspecified atom stereocenters. The van der Waals surface area contributed by atoms with Gasteiger partial charge in [-0.25, -0.2) is 9.78 Å². The summed E-state index contributed by atoms with van der Waals surface area (Å²) in [6.45, 7) is -0.265. The number of β-lactam (4-membered cyclic amide) rings is 1. The van der Waals surface area contributed by atoms with E-state index < -0.39 is 46.6 Å². The summed E-state index contributed by atoms with van der Waals surface area (Å²) in [7, 11) is 1.38. The average Bonchev–Trinajstić information content (AvgIpc) is 3.63. The van der Waals surface area contributed by atoms with Crippen LogP contribution in [0.2, 0.25) is 0 Å². The Labute approximate surface area is 273 Å². The predicted octanol–water partition coefficient (Wildman–Crippen LogP) is 0.170. The molecule has 2 aliphatic heterocycles. The fourth-order valence-corrected chi connectivity index (χ4v) is 6.89. The molecule has 6 rings (SSSR count). The average molecular weight is 677 g/mol. The van der Waals surface area contributed by atoms with Crippen LogP contribution in [0, 0.1) is 0 Å². The molecule has 240 valence electrons. The first-order chi connectivity index (χ1) is 22.6. The lowest BCUT2D eigenvalue weighted by molar-refractivity contribution is -0.150. The van der Waals surface area contributed by atoms with Crippen molar-refractivity contribution in [1.82, 2.24) is 40.9 Å². The zero-order chi connectivity index (χ0) is 33.4. The molecule has 3 aromatic heterocycles. The third-order valence-electron chi connectivity index (χ3n) is 7.58. The maximum absolute atomic E-state index is 13.8. The van der Waals surface area contributed by atoms with Gasteiger partial charge in [0.05, 0.1) is 30.3 Å². The van der Waals surface area contributed by atoms with E-state index in [0.717, 1.165) is 4.90 Å². The van der Waals surface area contributed by atoms with E-state index in [-0.39, 0.29) is 56.7 Å². The van der Waals surface area contributed by atoms with Crippen LogP contribution in [0.1, 0.15) is 33.2 Å². The van der Waals surface area contributed by atoms with Crippen molar-refractivity contribution < 1.29 is 34.1 Å². The van der Waals surface area contributed by atoms with Gasteiger partial charge in [-0.15, -0.1) is 11.8 Å². The van der Waals surface area contributed by atoms with Crippen molar-refractivity contribution in [2.75, 3.05) is 12.9 Å². The Bertz CT molecular complexity index is 2030. The van der Waals surface area contributed by atoms with Gasteiger partial charge in [0.2, 0.25) is 17.2 Å². The van der Waals surface area contributed by atoms with Crippen LogP contribution in [-0.4, -0.2) is 93.3 Å². The summed E-state index contributed by atoms with van der Waals surface area (Å²) in [6, 6.07) is 6.71. The lowest BCUT2D eigenvalue weighted by atomic mass is 9.99. The van der Waals surface area contributed by atoms with Crippen LogP contribution in [0.3, 0.4) is 0 Å². The number of thiocarbonyl (C=S) groups is 1. The molecule has 0 spiro atoms. The van der Waals surface area contributed by atoms with Gasteiger partial charge in [-0.05, 0) is 17.2 Å². The number of pyridine rings is 2. The molecule has 47 heavy (non-hydrogen) atoms. The number of carbonyl (C=O) groups is 4. The highest BCUT2D eigenvalue weighted by atomic mass is 32.2. The van der Waals surface area contributed by atoms with Gasteiger partial charge in [0.15, 0.2) is 0 Å². The van der Waals surface area contributed by atoms with Crippen LogP contribution in [0.25, 0.3) is 11.0 Å². The van der Waals surface area contributed by atoms with Gasteiger partial charge >= 0.3 is 5.97 Å². The molecule has 5 heterocycles. The molecule has 0 bridgehead atoms. The Morgan fingerprint density at radius 2 is 1.96 bits per heavy atom. The maximum Gasteiger partial charge on any atom is 0.353 e. The molecule has 4 aromatic rings. The molecule has 1 aromatic carbocycles. The number of carboxylic acids is 1. The van der Waals surface area contributed by atoms with Gasteiger partial charge in [-0.2, -0.15) is 15.4 Å². The van der Waals surface area contributed by atoms with Crippen LogP contribution < -0.4 is 20.8 Å². The number of aliphatic hydroxyl groups is 1. The summed E-state index contributed by atoms with van der Waals surface area (Å²) < 4.78 is 5.09. The van der Waals surface area contributed by atoms with E-state index in [2.05, 4.69) is 36.0 Å². The fraction of sp³-hybridized carbons (Fsp3) is 0.207. The van der Waals surface area contributed by atoms with Crippen molar-refractivity contribution >= 4 is 63.6 Å². The number of aromatic nitrogens is 5. The number of ether oxygens (including phenoxy) is 1. The number of hydrogen-bond donors (Lipinski definition) is 6. The van der Waals surface area contributed by atoms with Gasteiger partial charge in [0.25, 0.3) is 11.8 Å². The molecule has 0 aliphatic carbocycles. The topological polar surface area (TPSA) is 233 Å². The van der Waals surface area contributed by atoms with Gasteiger partial charge in [-0.1, -0.05) is 36.5 Å². The van der Waals surface area contributed by atoms with Gasteiger partial charge in [-0.3, -0.25) is 24.1 Å². The van der Waals surface area contributed by atoms with Crippen molar-refractivity contribution in [3.05, 3.63) is 92.7 Å². The van der Waals surface area contributed by atoms with E-state index in [4.69, 9.17) is 17.0 Å². The Balaban J connectivity index is 1.27. The minimum atomic E-state index is -1.40. The molecule has 1 saturated heterocycles. The number of thioether (sulfide) groups is 1. The Morgan fingerprint density at radius 3 is 2.62 bits per heavy atom. The predicted molar refractivity (Wildman–Crippen MR) is 169 cm³/mol. The second-order valence-electron chi connectivity index (χ2n) is 10.3. The molecule has 0 saturated carbocycles. The molecule has 3 atom stereocenters. The third-order valence-corrected chi connectivity index (χ3v) is 9.31. The summed E-state index contributed by atoms with van der Waals surface area (Å²) in [6.07, 6.45) is 2.54. The third kappa shape index (κ3) is 5.73. The van der Waals surface area contributed by atoms with Crippen molar-refractivity contribution in [1.29, 1.82) is 0 Å². The quantitative estimate of drug-likeness (QED) is 0.0748.